The van der Waals surface area contributed by atoms with Crippen molar-refractivity contribution in [3.8, 4) is 0 Å². The number of carbonyl (C=O) groups is 2. The van der Waals surface area contributed by atoms with Crippen LogP contribution < -0.4 is 5.32 Å². The van der Waals surface area contributed by atoms with Crippen molar-refractivity contribution in [3.05, 3.63) is 107 Å². The maximum Gasteiger partial charge on any atom is 0.231 e. The van der Waals surface area contributed by atoms with Crippen LogP contribution in [0.5, 0.6) is 0 Å². The maximum absolute atomic E-state index is 13.9. The molecule has 0 aromatic heterocycles. The highest BCUT2D eigenvalue weighted by atomic mass is 16.2. The highest BCUT2D eigenvalue weighted by Crippen LogP contribution is 2.41. The summed E-state index contributed by atoms with van der Waals surface area (Å²) < 4.78 is 0. The van der Waals surface area contributed by atoms with Crippen LogP contribution in [0, 0.1) is 0 Å². The van der Waals surface area contributed by atoms with Crippen molar-refractivity contribution < 1.29 is 9.59 Å². The normalized spacial score (nSPS) is 16.5. The largest absolute Gasteiger partial charge is 0.349 e. The summed E-state index contributed by atoms with van der Waals surface area (Å²) in [7, 11) is 1.75. The summed E-state index contributed by atoms with van der Waals surface area (Å²) in [6.07, 6.45) is 3.41. The van der Waals surface area contributed by atoms with Gasteiger partial charge < -0.3 is 10.1 Å². The van der Waals surface area contributed by atoms with E-state index in [2.05, 4.69) is 15.3 Å². The van der Waals surface area contributed by atoms with Crippen LogP contribution in [-0.4, -0.2) is 36.9 Å². The molecule has 1 N–H and O–H groups in total. The summed E-state index contributed by atoms with van der Waals surface area (Å²) in [6, 6.07) is 27.7. The zero-order valence-corrected chi connectivity index (χ0v) is 23.5. The second kappa shape index (κ2) is 12.8. The van der Waals surface area contributed by atoms with Crippen LogP contribution in [0.25, 0.3) is 0 Å². The van der Waals surface area contributed by atoms with E-state index in [4.69, 9.17) is 0 Å². The number of benzene rings is 3. The summed E-state index contributed by atoms with van der Waals surface area (Å²) in [5.41, 5.74) is 4.20. The second-order valence-electron chi connectivity index (χ2n) is 10.5. The predicted molar refractivity (Wildman–Crippen MR) is 162 cm³/mol. The summed E-state index contributed by atoms with van der Waals surface area (Å²) in [5, 5.41) is 3.28. The first-order valence-electron chi connectivity index (χ1n) is 13.9. The molecular formula is C33H38BN3O2. The van der Waals surface area contributed by atoms with Crippen molar-refractivity contribution in [2.45, 2.75) is 64.1 Å². The Bertz CT molecular complexity index is 1330. The van der Waals surface area contributed by atoms with E-state index < -0.39 is 5.41 Å². The van der Waals surface area contributed by atoms with Gasteiger partial charge in [0.15, 0.2) is 0 Å². The number of hydrogen-bond donors (Lipinski definition) is 1. The lowest BCUT2D eigenvalue weighted by atomic mass is 9.35. The molecule has 1 saturated heterocycles. The average molecular weight is 519 g/mol. The number of amidine groups is 1. The van der Waals surface area contributed by atoms with E-state index in [-0.39, 0.29) is 24.3 Å². The summed E-state index contributed by atoms with van der Waals surface area (Å²) in [6.45, 7) is 5.92. The first kappa shape index (κ1) is 28.2. The molecule has 1 aliphatic rings. The molecule has 1 heterocycles. The Morgan fingerprint density at radius 3 is 2.03 bits per heavy atom. The first-order valence-corrected chi connectivity index (χ1v) is 13.9. The fourth-order valence-corrected chi connectivity index (χ4v) is 5.59. The van der Waals surface area contributed by atoms with Gasteiger partial charge in [-0.2, -0.15) is 0 Å². The Hall–Kier alpha value is -3.80. The molecule has 1 atom stereocenters. The third-order valence-electron chi connectivity index (χ3n) is 8.08. The highest BCUT2D eigenvalue weighted by Gasteiger charge is 2.46. The Labute approximate surface area is 233 Å². The van der Waals surface area contributed by atoms with Crippen LogP contribution in [0.1, 0.15) is 73.1 Å². The van der Waals surface area contributed by atoms with Gasteiger partial charge >= 0.3 is 0 Å². The molecule has 39 heavy (non-hydrogen) atoms. The van der Waals surface area contributed by atoms with E-state index in [1.165, 1.54) is 0 Å². The van der Waals surface area contributed by atoms with Gasteiger partial charge in [-0.3, -0.25) is 9.79 Å². The number of nitrogens with zero attached hydrogens (tertiary/aromatic N) is 2. The standard InChI is InChI=1S/C33H38BN3O2/c1-5-30(35-4)36-24(2)27-16-18-28(19-17-27)31(38)34-22-20-33(21-23-34,29-14-10-7-11-15-29)32(39)37-25(3)26-12-8-6-9-13-26/h6-19,25H,5,20-23H2,1-4H3,(H,37,39)/t25-/m0/s1. The van der Waals surface area contributed by atoms with Crippen molar-refractivity contribution >= 4 is 29.8 Å². The van der Waals surface area contributed by atoms with Crippen molar-refractivity contribution in [1.29, 1.82) is 0 Å². The Morgan fingerprint density at radius 2 is 1.46 bits per heavy atom. The lowest BCUT2D eigenvalue weighted by Crippen LogP contribution is -2.49. The van der Waals surface area contributed by atoms with Crippen molar-refractivity contribution in [3.63, 3.8) is 0 Å². The van der Waals surface area contributed by atoms with Gasteiger partial charge in [0.1, 0.15) is 11.5 Å². The van der Waals surface area contributed by atoms with Crippen molar-refractivity contribution in [2.75, 3.05) is 7.05 Å². The molecule has 0 radical (unpaired) electrons. The summed E-state index contributed by atoms with van der Waals surface area (Å²) in [4.78, 5) is 36.1. The SMILES string of the molecule is CCC(=NC)N=C(C)c1ccc(C(=O)B2CCC(C(=O)N[C@@H](C)c3ccccc3)(c3ccccc3)CC2)cc1. The third-order valence-corrected chi connectivity index (χ3v) is 8.08. The molecule has 0 aliphatic carbocycles. The van der Waals surface area contributed by atoms with E-state index in [1.807, 2.05) is 106 Å². The van der Waals surface area contributed by atoms with Crippen LogP contribution in [0.2, 0.25) is 12.6 Å². The van der Waals surface area contributed by atoms with E-state index in [1.54, 1.807) is 7.05 Å². The van der Waals surface area contributed by atoms with Gasteiger partial charge in [0.2, 0.25) is 12.6 Å². The molecule has 0 saturated carbocycles. The molecule has 200 valence electrons. The van der Waals surface area contributed by atoms with E-state index >= 15 is 0 Å². The van der Waals surface area contributed by atoms with E-state index in [0.717, 1.165) is 34.7 Å². The first-order chi connectivity index (χ1) is 18.9. The molecule has 3 aromatic carbocycles. The molecule has 5 nitrogen and oxygen atoms in total. The van der Waals surface area contributed by atoms with Gasteiger partial charge in [0.05, 0.1) is 11.5 Å². The molecule has 1 fully saturated rings. The van der Waals surface area contributed by atoms with E-state index in [9.17, 15) is 9.59 Å². The van der Waals surface area contributed by atoms with Crippen molar-refractivity contribution in [1.82, 2.24) is 5.32 Å². The fourth-order valence-electron chi connectivity index (χ4n) is 5.59. The molecule has 1 amide bonds. The lowest BCUT2D eigenvalue weighted by molar-refractivity contribution is -0.128. The zero-order chi connectivity index (χ0) is 27.8. The van der Waals surface area contributed by atoms with Gasteiger partial charge in [-0.1, -0.05) is 104 Å². The molecular weight excluding hydrogens is 481 g/mol. The number of aliphatic imine (C=N–C) groups is 2. The maximum atomic E-state index is 13.9. The minimum absolute atomic E-state index is 0.0390. The molecule has 3 aromatic rings. The molecule has 0 bridgehead atoms. The van der Waals surface area contributed by atoms with Crippen LogP contribution in [0.15, 0.2) is 94.9 Å². The topological polar surface area (TPSA) is 70.9 Å². The summed E-state index contributed by atoms with van der Waals surface area (Å²) >= 11 is 0. The number of amides is 1. The molecule has 0 unspecified atom stereocenters. The highest BCUT2D eigenvalue weighted by molar-refractivity contribution is 6.92. The van der Waals surface area contributed by atoms with E-state index in [0.29, 0.717) is 31.0 Å². The van der Waals surface area contributed by atoms with Crippen molar-refractivity contribution in [2.24, 2.45) is 9.98 Å². The third kappa shape index (κ3) is 6.44. The molecule has 1 aliphatic heterocycles. The van der Waals surface area contributed by atoms with Gasteiger partial charge in [-0.25, -0.2) is 4.99 Å². The predicted octanol–water partition coefficient (Wildman–Crippen LogP) is 6.76. The molecule has 0 spiro atoms. The molecule has 4 rings (SSSR count). The summed E-state index contributed by atoms with van der Waals surface area (Å²) in [5.74, 6) is 0.844. The Kier molecular flexibility index (Phi) is 9.29. The minimum Gasteiger partial charge on any atom is -0.349 e. The number of rotatable bonds is 8. The monoisotopic (exact) mass is 519 g/mol. The minimum atomic E-state index is -0.643. The van der Waals surface area contributed by atoms with Crippen LogP contribution >= 0.6 is 0 Å². The van der Waals surface area contributed by atoms with Gasteiger partial charge in [0, 0.05) is 24.7 Å². The number of hydrogen-bond acceptors (Lipinski definition) is 3. The fraction of sp³-hybridized carbons (Fsp3) is 0.333. The smallest absolute Gasteiger partial charge is 0.231 e. The zero-order valence-electron chi connectivity index (χ0n) is 23.5. The van der Waals surface area contributed by atoms with Crippen LogP contribution in [-0.2, 0) is 10.2 Å². The quantitative estimate of drug-likeness (QED) is 0.203. The number of carbonyl (C=O) groups excluding carboxylic acids is 2. The Morgan fingerprint density at radius 1 is 0.897 bits per heavy atom. The lowest BCUT2D eigenvalue weighted by Gasteiger charge is -2.39. The van der Waals surface area contributed by atoms with Crippen LogP contribution in [0.3, 0.4) is 0 Å². The molecule has 6 heteroatoms. The average Bonchev–Trinajstić information content (AvgIpc) is 3.00. The Balaban J connectivity index is 1.49. The second-order valence-corrected chi connectivity index (χ2v) is 10.5. The number of nitrogens with one attached hydrogen (secondary N) is 1. The van der Waals surface area contributed by atoms with Gasteiger partial charge in [-0.05, 0) is 43.4 Å². The van der Waals surface area contributed by atoms with Gasteiger partial charge in [-0.15, -0.1) is 0 Å². The van der Waals surface area contributed by atoms with Gasteiger partial charge in [0.25, 0.3) is 0 Å². The van der Waals surface area contributed by atoms with Crippen LogP contribution in [0.4, 0.5) is 0 Å².